The summed E-state index contributed by atoms with van der Waals surface area (Å²) in [6, 6.07) is 0. The van der Waals surface area contributed by atoms with E-state index in [2.05, 4.69) is 41.5 Å². The normalized spacial score (nSPS) is 14.4. The molecule has 0 radical (unpaired) electrons. The standard InChI is InChI=1S/C61H118O17P2/c1-7-9-11-13-15-16-17-18-27-33-39-45-60(65)77-56(49-71-58(63)43-37-31-23-14-12-10-8-2)51-75-79(67,68)73-47-55(62)48-74-80(69,70)76-52-57(78-61(66)46-40-34-28-22-20-25-30-36-42-54(5)6)50-72-59(64)44-38-32-26-21-19-24-29-35-41-53(3)4/h53-57,62H,7-52H2,1-6H3,(H,67,68)(H,69,70)/t55-,56+,57+/m0/s1. The van der Waals surface area contributed by atoms with E-state index in [4.69, 9.17) is 37.0 Å². The summed E-state index contributed by atoms with van der Waals surface area (Å²) in [7, 11) is -9.88. The number of carbonyl (C=O) groups is 4. The van der Waals surface area contributed by atoms with Gasteiger partial charge in [0.2, 0.25) is 0 Å². The quantitative estimate of drug-likeness (QED) is 0.0222. The van der Waals surface area contributed by atoms with Crippen LogP contribution in [0, 0.1) is 11.8 Å². The largest absolute Gasteiger partial charge is 0.472 e. The van der Waals surface area contributed by atoms with Crippen molar-refractivity contribution in [2.24, 2.45) is 11.8 Å². The molecule has 0 aliphatic carbocycles. The fourth-order valence-corrected chi connectivity index (χ4v) is 10.6. The zero-order chi connectivity index (χ0) is 59.4. The maximum absolute atomic E-state index is 12.9. The maximum atomic E-state index is 12.9. The fourth-order valence-electron chi connectivity index (χ4n) is 9.00. The SMILES string of the molecule is CCCCCCCCCCCCCC(=O)O[C@H](COC(=O)CCCCCCCCC)COP(=O)(O)OC[C@H](O)COP(=O)(O)OC[C@@H](COC(=O)CCCCCCCCCCC(C)C)OC(=O)CCCCCCCCCCC(C)C. The van der Waals surface area contributed by atoms with E-state index in [-0.39, 0.29) is 25.7 Å². The molecule has 0 aliphatic rings. The van der Waals surface area contributed by atoms with Crippen LogP contribution < -0.4 is 0 Å². The van der Waals surface area contributed by atoms with Gasteiger partial charge in [-0.2, -0.15) is 0 Å². The summed E-state index contributed by atoms with van der Waals surface area (Å²) in [6.45, 7) is 9.35. The summed E-state index contributed by atoms with van der Waals surface area (Å²) in [5.41, 5.74) is 0. The summed E-state index contributed by atoms with van der Waals surface area (Å²) in [4.78, 5) is 71.9. The summed E-state index contributed by atoms with van der Waals surface area (Å²) in [6.07, 6.45) is 35.0. The van der Waals surface area contributed by atoms with Gasteiger partial charge in [0.25, 0.3) is 0 Å². The average Bonchev–Trinajstić information content (AvgIpc) is 3.41. The molecule has 0 bridgehead atoms. The maximum Gasteiger partial charge on any atom is 0.472 e. The summed E-state index contributed by atoms with van der Waals surface area (Å²) < 4.78 is 67.8. The molecule has 3 N–H and O–H groups in total. The third kappa shape index (κ3) is 55.3. The minimum absolute atomic E-state index is 0.104. The van der Waals surface area contributed by atoms with Gasteiger partial charge in [0.1, 0.15) is 19.3 Å². The van der Waals surface area contributed by atoms with Crippen LogP contribution in [-0.2, 0) is 65.4 Å². The van der Waals surface area contributed by atoms with Gasteiger partial charge in [-0.15, -0.1) is 0 Å². The Bertz CT molecular complexity index is 1580. The van der Waals surface area contributed by atoms with E-state index in [0.29, 0.717) is 25.7 Å². The number of ether oxygens (including phenoxy) is 4. The van der Waals surface area contributed by atoms with Crippen LogP contribution in [0.25, 0.3) is 0 Å². The van der Waals surface area contributed by atoms with Crippen molar-refractivity contribution < 1.29 is 80.2 Å². The molecule has 0 saturated heterocycles. The van der Waals surface area contributed by atoms with Crippen LogP contribution in [0.15, 0.2) is 0 Å². The van der Waals surface area contributed by atoms with Crippen molar-refractivity contribution in [1.29, 1.82) is 0 Å². The van der Waals surface area contributed by atoms with E-state index in [9.17, 15) is 43.2 Å². The molecule has 0 aromatic heterocycles. The molecular formula is C61H118O17P2. The monoisotopic (exact) mass is 1180 g/mol. The summed E-state index contributed by atoms with van der Waals surface area (Å²) in [5, 5.41) is 10.5. The Balaban J connectivity index is 5.22. The molecule has 0 spiro atoms. The summed E-state index contributed by atoms with van der Waals surface area (Å²) in [5.74, 6) is -0.699. The van der Waals surface area contributed by atoms with Crippen LogP contribution in [0.2, 0.25) is 0 Å². The van der Waals surface area contributed by atoms with E-state index in [1.165, 1.54) is 103 Å². The highest BCUT2D eigenvalue weighted by Gasteiger charge is 2.30. The van der Waals surface area contributed by atoms with Gasteiger partial charge >= 0.3 is 39.5 Å². The number of aliphatic hydroxyl groups is 1. The Labute approximate surface area is 486 Å². The van der Waals surface area contributed by atoms with E-state index in [0.717, 1.165) is 115 Å². The average molecular weight is 1190 g/mol. The van der Waals surface area contributed by atoms with Crippen molar-refractivity contribution in [2.75, 3.05) is 39.6 Å². The van der Waals surface area contributed by atoms with Gasteiger partial charge in [-0.25, -0.2) is 9.13 Å². The number of hydrogen-bond donors (Lipinski definition) is 3. The van der Waals surface area contributed by atoms with Gasteiger partial charge in [0.05, 0.1) is 26.4 Å². The zero-order valence-corrected chi connectivity index (χ0v) is 53.2. The van der Waals surface area contributed by atoms with E-state index < -0.39 is 97.5 Å². The van der Waals surface area contributed by atoms with Gasteiger partial charge in [-0.05, 0) is 37.5 Å². The molecule has 0 aliphatic heterocycles. The predicted molar refractivity (Wildman–Crippen MR) is 317 cm³/mol. The Morgan fingerprint density at radius 1 is 0.338 bits per heavy atom. The van der Waals surface area contributed by atoms with Crippen LogP contribution in [0.4, 0.5) is 0 Å². The first-order chi connectivity index (χ1) is 38.4. The second-order valence-electron chi connectivity index (χ2n) is 23.0. The van der Waals surface area contributed by atoms with Gasteiger partial charge in [-0.3, -0.25) is 37.3 Å². The first kappa shape index (κ1) is 78.1. The highest BCUT2D eigenvalue weighted by Crippen LogP contribution is 2.45. The molecule has 0 aromatic carbocycles. The highest BCUT2D eigenvalue weighted by molar-refractivity contribution is 7.47. The smallest absolute Gasteiger partial charge is 0.462 e. The zero-order valence-electron chi connectivity index (χ0n) is 51.4. The van der Waals surface area contributed by atoms with Crippen molar-refractivity contribution in [1.82, 2.24) is 0 Å². The first-order valence-electron chi connectivity index (χ1n) is 32.0. The number of phosphoric acid groups is 2. The van der Waals surface area contributed by atoms with Crippen LogP contribution in [0.5, 0.6) is 0 Å². The molecule has 0 aromatic rings. The first-order valence-corrected chi connectivity index (χ1v) is 35.0. The molecular weight excluding hydrogens is 1070 g/mol. The molecule has 17 nitrogen and oxygen atoms in total. The molecule has 0 rings (SSSR count). The molecule has 0 fully saturated rings. The molecule has 19 heteroatoms. The van der Waals surface area contributed by atoms with Crippen molar-refractivity contribution in [3.63, 3.8) is 0 Å². The molecule has 2 unspecified atom stereocenters. The van der Waals surface area contributed by atoms with Crippen molar-refractivity contribution in [3.05, 3.63) is 0 Å². The van der Waals surface area contributed by atoms with E-state index in [1.54, 1.807) is 0 Å². The molecule has 0 amide bonds. The number of rotatable bonds is 60. The Morgan fingerprint density at radius 3 is 0.850 bits per heavy atom. The third-order valence-electron chi connectivity index (χ3n) is 14.0. The number of hydrogen-bond acceptors (Lipinski definition) is 15. The van der Waals surface area contributed by atoms with Gasteiger partial charge in [-0.1, -0.05) is 247 Å². The van der Waals surface area contributed by atoms with E-state index >= 15 is 0 Å². The number of carbonyl (C=O) groups excluding carboxylic acids is 4. The van der Waals surface area contributed by atoms with Crippen molar-refractivity contribution in [3.8, 4) is 0 Å². The Kier molecular flexibility index (Phi) is 52.5. The predicted octanol–water partition coefficient (Wildman–Crippen LogP) is 16.5. The van der Waals surface area contributed by atoms with Crippen LogP contribution in [0.1, 0.15) is 298 Å². The molecule has 0 heterocycles. The third-order valence-corrected chi connectivity index (χ3v) is 15.9. The fraction of sp³-hybridized carbons (Fsp3) is 0.934. The highest BCUT2D eigenvalue weighted by atomic mass is 31.2. The number of unbranched alkanes of at least 4 members (excludes halogenated alkanes) is 30. The molecule has 80 heavy (non-hydrogen) atoms. The van der Waals surface area contributed by atoms with Gasteiger partial charge in [0.15, 0.2) is 12.2 Å². The number of phosphoric ester groups is 2. The Hall–Kier alpha value is -1.94. The van der Waals surface area contributed by atoms with Gasteiger partial charge in [0, 0.05) is 25.7 Å². The lowest BCUT2D eigenvalue weighted by Gasteiger charge is -2.21. The van der Waals surface area contributed by atoms with Crippen molar-refractivity contribution in [2.45, 2.75) is 317 Å². The number of aliphatic hydroxyl groups excluding tert-OH is 1. The van der Waals surface area contributed by atoms with Crippen LogP contribution in [0.3, 0.4) is 0 Å². The second kappa shape index (κ2) is 53.8. The molecule has 0 saturated carbocycles. The lowest BCUT2D eigenvalue weighted by molar-refractivity contribution is -0.161. The minimum atomic E-state index is -4.94. The lowest BCUT2D eigenvalue weighted by Crippen LogP contribution is -2.30. The van der Waals surface area contributed by atoms with Crippen LogP contribution in [-0.4, -0.2) is 96.7 Å². The lowest BCUT2D eigenvalue weighted by atomic mass is 10.0. The minimum Gasteiger partial charge on any atom is -0.462 e. The van der Waals surface area contributed by atoms with Gasteiger partial charge < -0.3 is 33.8 Å². The van der Waals surface area contributed by atoms with E-state index in [1.807, 2.05) is 0 Å². The van der Waals surface area contributed by atoms with Crippen molar-refractivity contribution >= 4 is 39.5 Å². The van der Waals surface area contributed by atoms with Crippen LogP contribution >= 0.6 is 15.6 Å². The summed E-state index contributed by atoms with van der Waals surface area (Å²) >= 11 is 0. The Morgan fingerprint density at radius 2 is 0.575 bits per heavy atom. The molecule has 474 valence electrons. The number of esters is 4. The second-order valence-corrected chi connectivity index (χ2v) is 25.9. The molecule has 5 atom stereocenters. The topological polar surface area (TPSA) is 237 Å².